The van der Waals surface area contributed by atoms with Crippen LogP contribution < -0.4 is 0 Å². The minimum atomic E-state index is -0.544. The van der Waals surface area contributed by atoms with E-state index in [1.807, 2.05) is 20.8 Å². The molecule has 1 aromatic heterocycles. The van der Waals surface area contributed by atoms with Crippen molar-refractivity contribution in [1.82, 2.24) is 10.1 Å². The van der Waals surface area contributed by atoms with Gasteiger partial charge in [-0.2, -0.15) is 0 Å². The van der Waals surface area contributed by atoms with Crippen LogP contribution in [0.1, 0.15) is 36.8 Å². The Labute approximate surface area is 96.2 Å². The molecule has 1 N–H and O–H groups in total. The highest BCUT2D eigenvalue weighted by molar-refractivity contribution is 5.20. The standard InChI is InChI=1S/C12H20N2O2/c1-9-11(10(2)16-13-9)7-14-6-4-5-12(3,15)8-14/h15H,4-8H2,1-3H3. The number of aromatic nitrogens is 1. The van der Waals surface area contributed by atoms with Gasteiger partial charge in [0.1, 0.15) is 5.76 Å². The van der Waals surface area contributed by atoms with Crippen LogP contribution in [0.3, 0.4) is 0 Å². The van der Waals surface area contributed by atoms with Gasteiger partial charge in [0.25, 0.3) is 0 Å². The Morgan fingerprint density at radius 3 is 2.81 bits per heavy atom. The third-order valence-corrected chi connectivity index (χ3v) is 3.32. The van der Waals surface area contributed by atoms with Gasteiger partial charge < -0.3 is 9.63 Å². The predicted molar refractivity (Wildman–Crippen MR) is 61.1 cm³/mol. The molecule has 2 heterocycles. The van der Waals surface area contributed by atoms with Crippen LogP contribution in [0.25, 0.3) is 0 Å². The highest BCUT2D eigenvalue weighted by Crippen LogP contribution is 2.23. The fourth-order valence-corrected chi connectivity index (χ4v) is 2.41. The van der Waals surface area contributed by atoms with Gasteiger partial charge in [-0.25, -0.2) is 0 Å². The van der Waals surface area contributed by atoms with Crippen LogP contribution in [0.2, 0.25) is 0 Å². The predicted octanol–water partition coefficient (Wildman–Crippen LogP) is 1.64. The van der Waals surface area contributed by atoms with Gasteiger partial charge in [-0.1, -0.05) is 5.16 Å². The van der Waals surface area contributed by atoms with Crippen molar-refractivity contribution in [2.45, 2.75) is 45.8 Å². The first kappa shape index (κ1) is 11.6. The summed E-state index contributed by atoms with van der Waals surface area (Å²) in [6.07, 6.45) is 1.95. The van der Waals surface area contributed by atoms with Crippen LogP contribution in [-0.2, 0) is 6.54 Å². The van der Waals surface area contributed by atoms with Crippen molar-refractivity contribution >= 4 is 0 Å². The third kappa shape index (κ3) is 2.44. The van der Waals surface area contributed by atoms with Crippen molar-refractivity contribution in [2.75, 3.05) is 13.1 Å². The third-order valence-electron chi connectivity index (χ3n) is 3.32. The number of rotatable bonds is 2. The summed E-state index contributed by atoms with van der Waals surface area (Å²) in [5, 5.41) is 14.0. The number of aliphatic hydroxyl groups is 1. The molecule has 1 aliphatic rings. The van der Waals surface area contributed by atoms with E-state index in [1.54, 1.807) is 0 Å². The first-order valence-electron chi connectivity index (χ1n) is 5.84. The molecule has 1 fully saturated rings. The van der Waals surface area contributed by atoms with Gasteiger partial charge in [0.2, 0.25) is 0 Å². The van der Waals surface area contributed by atoms with Crippen LogP contribution in [-0.4, -0.2) is 33.9 Å². The van der Waals surface area contributed by atoms with E-state index in [2.05, 4.69) is 10.1 Å². The molecule has 0 bridgehead atoms. The van der Waals surface area contributed by atoms with Crippen molar-refractivity contribution in [3.8, 4) is 0 Å². The zero-order chi connectivity index (χ0) is 11.8. The average molecular weight is 224 g/mol. The summed E-state index contributed by atoms with van der Waals surface area (Å²) < 4.78 is 5.15. The van der Waals surface area contributed by atoms with E-state index in [0.29, 0.717) is 0 Å². The van der Waals surface area contributed by atoms with E-state index in [-0.39, 0.29) is 0 Å². The molecule has 4 heteroatoms. The Bertz CT molecular complexity index is 352. The Balaban J connectivity index is 2.05. The summed E-state index contributed by atoms with van der Waals surface area (Å²) in [5.41, 5.74) is 1.58. The van der Waals surface area contributed by atoms with Crippen molar-refractivity contribution in [3.05, 3.63) is 17.0 Å². The number of piperidine rings is 1. The van der Waals surface area contributed by atoms with Crippen LogP contribution >= 0.6 is 0 Å². The lowest BCUT2D eigenvalue weighted by Crippen LogP contribution is -2.45. The molecule has 1 aromatic rings. The summed E-state index contributed by atoms with van der Waals surface area (Å²) in [6.45, 7) is 8.42. The second-order valence-electron chi connectivity index (χ2n) is 5.11. The zero-order valence-corrected chi connectivity index (χ0v) is 10.3. The zero-order valence-electron chi connectivity index (χ0n) is 10.3. The minimum absolute atomic E-state index is 0.544. The summed E-state index contributed by atoms with van der Waals surface area (Å²) in [4.78, 5) is 2.27. The molecule has 0 saturated carbocycles. The van der Waals surface area contributed by atoms with Gasteiger partial charge in [-0.15, -0.1) is 0 Å². The Morgan fingerprint density at radius 2 is 2.25 bits per heavy atom. The van der Waals surface area contributed by atoms with Crippen LogP contribution in [0.4, 0.5) is 0 Å². The lowest BCUT2D eigenvalue weighted by Gasteiger charge is -2.36. The lowest BCUT2D eigenvalue weighted by molar-refractivity contribution is -0.0183. The molecule has 0 amide bonds. The Kier molecular flexibility index (Phi) is 3.04. The van der Waals surface area contributed by atoms with Gasteiger partial charge in [0.15, 0.2) is 0 Å². The normalized spacial score (nSPS) is 27.2. The topological polar surface area (TPSA) is 49.5 Å². The molecule has 4 nitrogen and oxygen atoms in total. The number of aryl methyl sites for hydroxylation is 2. The van der Waals surface area contributed by atoms with E-state index in [4.69, 9.17) is 4.52 Å². The SMILES string of the molecule is Cc1noc(C)c1CN1CCCC(C)(O)C1. The molecule has 0 radical (unpaired) electrons. The molecule has 0 aliphatic carbocycles. The van der Waals surface area contributed by atoms with E-state index in [1.165, 1.54) is 0 Å². The minimum Gasteiger partial charge on any atom is -0.389 e. The van der Waals surface area contributed by atoms with E-state index >= 15 is 0 Å². The first-order valence-corrected chi connectivity index (χ1v) is 5.84. The molecule has 1 atom stereocenters. The van der Waals surface area contributed by atoms with Crippen molar-refractivity contribution in [1.29, 1.82) is 0 Å². The summed E-state index contributed by atoms with van der Waals surface area (Å²) >= 11 is 0. The maximum atomic E-state index is 10.0. The monoisotopic (exact) mass is 224 g/mol. The summed E-state index contributed by atoms with van der Waals surface area (Å²) in [7, 11) is 0. The molecule has 16 heavy (non-hydrogen) atoms. The number of likely N-dealkylation sites (tertiary alicyclic amines) is 1. The Morgan fingerprint density at radius 1 is 1.50 bits per heavy atom. The van der Waals surface area contributed by atoms with Crippen molar-refractivity contribution in [3.63, 3.8) is 0 Å². The second-order valence-corrected chi connectivity index (χ2v) is 5.11. The molecular weight excluding hydrogens is 204 g/mol. The lowest BCUT2D eigenvalue weighted by atomic mass is 9.95. The highest BCUT2D eigenvalue weighted by Gasteiger charge is 2.29. The molecule has 90 valence electrons. The maximum absolute atomic E-state index is 10.0. The molecular formula is C12H20N2O2. The molecule has 0 spiro atoms. The average Bonchev–Trinajstić information content (AvgIpc) is 2.48. The maximum Gasteiger partial charge on any atom is 0.138 e. The quantitative estimate of drug-likeness (QED) is 0.829. The van der Waals surface area contributed by atoms with E-state index in [9.17, 15) is 5.11 Å². The van der Waals surface area contributed by atoms with E-state index in [0.717, 1.165) is 49.5 Å². The van der Waals surface area contributed by atoms with Crippen molar-refractivity contribution < 1.29 is 9.63 Å². The Hall–Kier alpha value is -0.870. The number of β-amino-alcohol motifs (C(OH)–C–C–N with tert-alkyl or cyclic N) is 1. The molecule has 2 rings (SSSR count). The van der Waals surface area contributed by atoms with Crippen LogP contribution in [0.5, 0.6) is 0 Å². The number of hydrogen-bond acceptors (Lipinski definition) is 4. The second kappa shape index (κ2) is 4.18. The fourth-order valence-electron chi connectivity index (χ4n) is 2.41. The fraction of sp³-hybridized carbons (Fsp3) is 0.750. The number of nitrogens with zero attached hydrogens (tertiary/aromatic N) is 2. The van der Waals surface area contributed by atoms with E-state index < -0.39 is 5.60 Å². The molecule has 1 saturated heterocycles. The van der Waals surface area contributed by atoms with Crippen molar-refractivity contribution in [2.24, 2.45) is 0 Å². The van der Waals surface area contributed by atoms with Gasteiger partial charge in [0.05, 0.1) is 11.3 Å². The largest absolute Gasteiger partial charge is 0.389 e. The van der Waals surface area contributed by atoms with Crippen LogP contribution in [0, 0.1) is 13.8 Å². The van der Waals surface area contributed by atoms with Gasteiger partial charge >= 0.3 is 0 Å². The molecule has 1 aliphatic heterocycles. The summed E-state index contributed by atoms with van der Waals surface area (Å²) in [6, 6.07) is 0. The van der Waals surface area contributed by atoms with Gasteiger partial charge in [-0.3, -0.25) is 4.90 Å². The molecule has 1 unspecified atom stereocenters. The first-order chi connectivity index (χ1) is 7.48. The molecule has 0 aromatic carbocycles. The van der Waals surface area contributed by atoms with Crippen LogP contribution in [0.15, 0.2) is 4.52 Å². The van der Waals surface area contributed by atoms with Gasteiger partial charge in [0, 0.05) is 18.7 Å². The summed E-state index contributed by atoms with van der Waals surface area (Å²) in [5.74, 6) is 0.891. The number of hydrogen-bond donors (Lipinski definition) is 1. The van der Waals surface area contributed by atoms with Gasteiger partial charge in [-0.05, 0) is 40.2 Å². The smallest absolute Gasteiger partial charge is 0.138 e. The highest BCUT2D eigenvalue weighted by atomic mass is 16.5.